The molecule has 0 bridgehead atoms. The highest BCUT2D eigenvalue weighted by Gasteiger charge is 2.45. The first-order chi connectivity index (χ1) is 9.57. The van der Waals surface area contributed by atoms with Crippen molar-refractivity contribution < 1.29 is 23.8 Å². The van der Waals surface area contributed by atoms with Crippen LogP contribution in [0.1, 0.15) is 34.6 Å². The molecule has 0 radical (unpaired) electrons. The lowest BCUT2D eigenvalue weighted by molar-refractivity contribution is -0.139. The summed E-state index contributed by atoms with van der Waals surface area (Å²) in [5, 5.41) is 2.96. The highest BCUT2D eigenvalue weighted by atomic mass is 16.6. The summed E-state index contributed by atoms with van der Waals surface area (Å²) in [6.45, 7) is 10.0. The lowest BCUT2D eigenvalue weighted by Gasteiger charge is -2.35. The number of nitrogens with zero attached hydrogens (tertiary/aromatic N) is 1. The first-order valence-electron chi connectivity index (χ1n) is 7.00. The zero-order chi connectivity index (χ0) is 16.3. The Morgan fingerprint density at radius 2 is 2.00 bits per heavy atom. The number of methoxy groups -OCH3 is 1. The molecule has 7 heteroatoms. The molecular weight excluding hydrogens is 276 g/mol. The highest BCUT2D eigenvalue weighted by Crippen LogP contribution is 2.29. The molecule has 1 fully saturated rings. The summed E-state index contributed by atoms with van der Waals surface area (Å²) in [5.74, 6) is -0.350. The van der Waals surface area contributed by atoms with Crippen molar-refractivity contribution in [3.05, 3.63) is 0 Å². The second kappa shape index (κ2) is 6.62. The van der Waals surface area contributed by atoms with Crippen LogP contribution in [-0.2, 0) is 19.0 Å². The van der Waals surface area contributed by atoms with E-state index in [0.29, 0.717) is 13.2 Å². The van der Waals surface area contributed by atoms with E-state index in [1.54, 1.807) is 4.90 Å². The molecule has 1 N–H and O–H groups in total. The van der Waals surface area contributed by atoms with Gasteiger partial charge in [-0.3, -0.25) is 9.69 Å². The van der Waals surface area contributed by atoms with Gasteiger partial charge < -0.3 is 19.5 Å². The summed E-state index contributed by atoms with van der Waals surface area (Å²) in [6, 6.07) is -0.195. The molecule has 0 spiro atoms. The summed E-state index contributed by atoms with van der Waals surface area (Å²) < 4.78 is 15.6. The fourth-order valence-corrected chi connectivity index (χ4v) is 2.13. The Labute approximate surface area is 125 Å². The number of amides is 1. The van der Waals surface area contributed by atoms with Gasteiger partial charge in [0.15, 0.2) is 0 Å². The van der Waals surface area contributed by atoms with Crippen molar-refractivity contribution in [2.75, 3.05) is 26.8 Å². The zero-order valence-electron chi connectivity index (χ0n) is 13.7. The number of esters is 1. The minimum Gasteiger partial charge on any atom is -0.468 e. The van der Waals surface area contributed by atoms with E-state index in [-0.39, 0.29) is 18.6 Å². The average Bonchev–Trinajstić information content (AvgIpc) is 2.62. The number of carbonyl (C=O) groups is 2. The lowest BCUT2D eigenvalue weighted by atomic mass is 10.2. The Morgan fingerprint density at radius 1 is 1.38 bits per heavy atom. The Kier molecular flexibility index (Phi) is 5.58. The van der Waals surface area contributed by atoms with Gasteiger partial charge in [0.05, 0.1) is 26.3 Å². The first-order valence-corrected chi connectivity index (χ1v) is 7.00. The van der Waals surface area contributed by atoms with E-state index in [0.717, 1.165) is 0 Å². The average molecular weight is 302 g/mol. The molecule has 0 aromatic carbocycles. The van der Waals surface area contributed by atoms with Crippen LogP contribution in [0.3, 0.4) is 0 Å². The van der Waals surface area contributed by atoms with Crippen LogP contribution in [0.25, 0.3) is 0 Å². The van der Waals surface area contributed by atoms with Crippen molar-refractivity contribution >= 4 is 12.1 Å². The van der Waals surface area contributed by atoms with Gasteiger partial charge in [-0.15, -0.1) is 0 Å². The van der Waals surface area contributed by atoms with Gasteiger partial charge in [-0.05, 0) is 34.6 Å². The van der Waals surface area contributed by atoms with E-state index in [4.69, 9.17) is 9.47 Å². The molecule has 1 amide bonds. The summed E-state index contributed by atoms with van der Waals surface area (Å²) in [6.07, 6.45) is -0.421. The third-order valence-electron chi connectivity index (χ3n) is 3.04. The maximum atomic E-state index is 12.3. The van der Waals surface area contributed by atoms with E-state index in [2.05, 4.69) is 10.1 Å². The number of carbonyl (C=O) groups excluding carboxylic acids is 2. The van der Waals surface area contributed by atoms with Crippen LogP contribution in [0.15, 0.2) is 0 Å². The molecular formula is C14H26N2O5. The quantitative estimate of drug-likeness (QED) is 0.784. The van der Waals surface area contributed by atoms with Crippen molar-refractivity contribution in [3.8, 4) is 0 Å². The van der Waals surface area contributed by atoms with Gasteiger partial charge in [-0.25, -0.2) is 4.79 Å². The van der Waals surface area contributed by atoms with Crippen LogP contribution in [0.5, 0.6) is 0 Å². The van der Waals surface area contributed by atoms with Crippen molar-refractivity contribution in [2.45, 2.75) is 52.0 Å². The summed E-state index contributed by atoms with van der Waals surface area (Å²) in [7, 11) is 1.33. The molecule has 1 aliphatic rings. The Hall–Kier alpha value is -1.34. The molecule has 1 rings (SSSR count). The topological polar surface area (TPSA) is 77.1 Å². The molecule has 1 unspecified atom stereocenters. The SMILES string of the molecule is COC(=O)CNCC1COC(C)(C)N1C(=O)OC(C)(C)C. The van der Waals surface area contributed by atoms with Crippen LogP contribution in [0.2, 0.25) is 0 Å². The van der Waals surface area contributed by atoms with Gasteiger partial charge in [-0.2, -0.15) is 0 Å². The van der Waals surface area contributed by atoms with Gasteiger partial charge >= 0.3 is 12.1 Å². The van der Waals surface area contributed by atoms with E-state index in [1.807, 2.05) is 34.6 Å². The van der Waals surface area contributed by atoms with Crippen LogP contribution < -0.4 is 5.32 Å². The predicted octanol–water partition coefficient (Wildman–Crippen LogP) is 1.12. The Bertz CT molecular complexity index is 389. The molecule has 0 aromatic heterocycles. The molecule has 0 saturated carbocycles. The number of ether oxygens (including phenoxy) is 3. The lowest BCUT2D eigenvalue weighted by Crippen LogP contribution is -2.52. The summed E-state index contributed by atoms with van der Waals surface area (Å²) in [5.41, 5.74) is -1.31. The van der Waals surface area contributed by atoms with Crippen molar-refractivity contribution in [2.24, 2.45) is 0 Å². The molecule has 0 aromatic rings. The molecule has 1 atom stereocenters. The maximum Gasteiger partial charge on any atom is 0.412 e. The molecule has 0 aliphatic carbocycles. The highest BCUT2D eigenvalue weighted by molar-refractivity contribution is 5.71. The van der Waals surface area contributed by atoms with Gasteiger partial charge in [0.2, 0.25) is 0 Å². The van der Waals surface area contributed by atoms with Crippen molar-refractivity contribution in [3.63, 3.8) is 0 Å². The molecule has 122 valence electrons. The van der Waals surface area contributed by atoms with Crippen molar-refractivity contribution in [1.82, 2.24) is 10.2 Å². The summed E-state index contributed by atoms with van der Waals surface area (Å²) >= 11 is 0. The van der Waals surface area contributed by atoms with Crippen molar-refractivity contribution in [1.29, 1.82) is 0 Å². The Balaban J connectivity index is 2.66. The number of hydrogen-bond acceptors (Lipinski definition) is 6. The third kappa shape index (κ3) is 5.17. The van der Waals surface area contributed by atoms with E-state index >= 15 is 0 Å². The molecule has 21 heavy (non-hydrogen) atoms. The number of hydrogen-bond donors (Lipinski definition) is 1. The van der Waals surface area contributed by atoms with Crippen LogP contribution in [-0.4, -0.2) is 61.1 Å². The number of rotatable bonds is 4. The second-order valence-electron chi connectivity index (χ2n) is 6.47. The first kappa shape index (κ1) is 17.7. The minimum absolute atomic E-state index is 0.0928. The zero-order valence-corrected chi connectivity index (χ0v) is 13.7. The summed E-state index contributed by atoms with van der Waals surface area (Å²) in [4.78, 5) is 25.0. The fraction of sp³-hybridized carbons (Fsp3) is 0.857. The van der Waals surface area contributed by atoms with Crippen LogP contribution in [0.4, 0.5) is 4.79 Å². The fourth-order valence-electron chi connectivity index (χ4n) is 2.13. The smallest absolute Gasteiger partial charge is 0.412 e. The minimum atomic E-state index is -0.736. The van der Waals surface area contributed by atoms with Gasteiger partial charge in [0.1, 0.15) is 11.3 Å². The number of nitrogens with one attached hydrogen (secondary N) is 1. The Morgan fingerprint density at radius 3 is 2.52 bits per heavy atom. The monoisotopic (exact) mass is 302 g/mol. The van der Waals surface area contributed by atoms with Gasteiger partial charge in [0, 0.05) is 6.54 Å². The van der Waals surface area contributed by atoms with Crippen LogP contribution >= 0.6 is 0 Å². The largest absolute Gasteiger partial charge is 0.468 e. The van der Waals surface area contributed by atoms with Gasteiger partial charge in [0.25, 0.3) is 0 Å². The molecule has 1 aliphatic heterocycles. The molecule has 7 nitrogen and oxygen atoms in total. The standard InChI is InChI=1S/C14H26N2O5/c1-13(2,3)21-12(18)16-10(9-20-14(16,4)5)7-15-8-11(17)19-6/h10,15H,7-9H2,1-6H3. The molecule has 1 saturated heterocycles. The third-order valence-corrected chi connectivity index (χ3v) is 3.04. The second-order valence-corrected chi connectivity index (χ2v) is 6.47. The normalized spacial score (nSPS) is 21.2. The maximum absolute atomic E-state index is 12.3. The van der Waals surface area contributed by atoms with E-state index < -0.39 is 17.4 Å². The molecule has 1 heterocycles. The van der Waals surface area contributed by atoms with Gasteiger partial charge in [-0.1, -0.05) is 0 Å². The van der Waals surface area contributed by atoms with E-state index in [9.17, 15) is 9.59 Å². The van der Waals surface area contributed by atoms with E-state index in [1.165, 1.54) is 7.11 Å². The van der Waals surface area contributed by atoms with Crippen LogP contribution in [0, 0.1) is 0 Å². The predicted molar refractivity (Wildman–Crippen MR) is 76.8 cm³/mol.